The normalized spacial score (nSPS) is 19.3. The van der Waals surface area contributed by atoms with Gasteiger partial charge in [-0.25, -0.2) is 0 Å². The summed E-state index contributed by atoms with van der Waals surface area (Å²) in [5, 5.41) is 4.02. The van der Waals surface area contributed by atoms with Gasteiger partial charge in [-0.1, -0.05) is 44.2 Å². The van der Waals surface area contributed by atoms with Gasteiger partial charge in [-0.05, 0) is 55.8 Å². The first-order chi connectivity index (χ1) is 16.4. The van der Waals surface area contributed by atoms with E-state index in [0.29, 0.717) is 25.2 Å². The maximum absolute atomic E-state index is 12.7. The molecule has 34 heavy (non-hydrogen) atoms. The van der Waals surface area contributed by atoms with Crippen LogP contribution >= 0.6 is 0 Å². The molecule has 2 aliphatic heterocycles. The number of likely N-dealkylation sites (tertiary alicyclic amines) is 1. The fourth-order valence-electron chi connectivity index (χ4n) is 5.38. The molecule has 2 aliphatic rings. The number of carbonyl (C=O) groups is 2. The number of nitrogens with one attached hydrogen (secondary N) is 2. The lowest BCUT2D eigenvalue weighted by Crippen LogP contribution is -2.35. The maximum Gasteiger partial charge on any atom is 0.267 e. The molecule has 3 heterocycles. The summed E-state index contributed by atoms with van der Waals surface area (Å²) in [7, 11) is 0. The Morgan fingerprint density at radius 1 is 1.09 bits per heavy atom. The quantitative estimate of drug-likeness (QED) is 0.554. The number of H-pyrrole nitrogens is 1. The topological polar surface area (TPSA) is 68.4 Å². The van der Waals surface area contributed by atoms with Crippen LogP contribution < -0.4 is 10.2 Å². The third kappa shape index (κ3) is 4.73. The number of para-hydroxylation sites is 1. The Bertz CT molecular complexity index is 1140. The van der Waals surface area contributed by atoms with Gasteiger partial charge in [-0.15, -0.1) is 0 Å². The SMILES string of the molecule is CC(C)(CN1CCCC1)c1ccc(N2CC(CNC(=O)c3cc4ccccc4[nH]3)CC2=O)cc1. The molecular weight excluding hydrogens is 424 g/mol. The van der Waals surface area contributed by atoms with Crippen molar-refractivity contribution in [2.24, 2.45) is 5.92 Å². The second kappa shape index (κ2) is 9.26. The van der Waals surface area contributed by atoms with Crippen LogP contribution in [0.25, 0.3) is 10.9 Å². The molecule has 178 valence electrons. The van der Waals surface area contributed by atoms with Crippen molar-refractivity contribution >= 4 is 28.4 Å². The van der Waals surface area contributed by atoms with Crippen molar-refractivity contribution in [3.63, 3.8) is 0 Å². The molecule has 0 aliphatic carbocycles. The summed E-state index contributed by atoms with van der Waals surface area (Å²) in [4.78, 5) is 32.9. The number of aromatic nitrogens is 1. The third-order valence-electron chi connectivity index (χ3n) is 7.31. The molecule has 6 heteroatoms. The monoisotopic (exact) mass is 458 g/mol. The van der Waals surface area contributed by atoms with E-state index >= 15 is 0 Å². The van der Waals surface area contributed by atoms with Crippen LogP contribution in [-0.2, 0) is 10.2 Å². The number of anilines is 1. The van der Waals surface area contributed by atoms with Crippen LogP contribution in [0.3, 0.4) is 0 Å². The lowest BCUT2D eigenvalue weighted by molar-refractivity contribution is -0.117. The minimum Gasteiger partial charge on any atom is -0.351 e. The number of amides is 2. The van der Waals surface area contributed by atoms with E-state index in [1.165, 1.54) is 31.5 Å². The van der Waals surface area contributed by atoms with E-state index in [9.17, 15) is 9.59 Å². The standard InChI is InChI=1S/C28H34N4O2/c1-28(2,19-31-13-5-6-14-31)22-9-11-23(12-10-22)32-18-20(15-26(32)33)17-29-27(34)25-16-21-7-3-4-8-24(21)30-25/h3-4,7-12,16,20,30H,5-6,13-15,17-19H2,1-2H3,(H,29,34). The minimum absolute atomic E-state index is 0.0767. The van der Waals surface area contributed by atoms with Crippen LogP contribution in [0.1, 0.15) is 49.2 Å². The van der Waals surface area contributed by atoms with E-state index < -0.39 is 0 Å². The Morgan fingerprint density at radius 2 is 1.82 bits per heavy atom. The molecule has 3 aromatic rings. The van der Waals surface area contributed by atoms with E-state index in [2.05, 4.69) is 53.3 Å². The summed E-state index contributed by atoms with van der Waals surface area (Å²) in [6.07, 6.45) is 3.06. The zero-order valence-corrected chi connectivity index (χ0v) is 20.1. The average molecular weight is 459 g/mol. The van der Waals surface area contributed by atoms with Crippen LogP contribution in [0.15, 0.2) is 54.6 Å². The number of hydrogen-bond acceptors (Lipinski definition) is 3. The van der Waals surface area contributed by atoms with E-state index in [1.54, 1.807) is 0 Å². The van der Waals surface area contributed by atoms with Gasteiger partial charge in [0, 0.05) is 54.0 Å². The summed E-state index contributed by atoms with van der Waals surface area (Å²) in [6, 6.07) is 18.2. The summed E-state index contributed by atoms with van der Waals surface area (Å²) in [5.41, 5.74) is 3.82. The van der Waals surface area contributed by atoms with Crippen molar-refractivity contribution in [3.8, 4) is 0 Å². The van der Waals surface area contributed by atoms with E-state index in [4.69, 9.17) is 0 Å². The molecule has 0 saturated carbocycles. The summed E-state index contributed by atoms with van der Waals surface area (Å²) in [5.74, 6) is 0.0905. The maximum atomic E-state index is 12.7. The van der Waals surface area contributed by atoms with Crippen LogP contribution in [-0.4, -0.2) is 54.4 Å². The van der Waals surface area contributed by atoms with Gasteiger partial charge in [0.15, 0.2) is 0 Å². The Balaban J connectivity index is 1.18. The van der Waals surface area contributed by atoms with Crippen molar-refractivity contribution in [2.45, 2.75) is 38.5 Å². The molecule has 1 unspecified atom stereocenters. The predicted molar refractivity (Wildman–Crippen MR) is 136 cm³/mol. The van der Waals surface area contributed by atoms with Gasteiger partial charge >= 0.3 is 0 Å². The number of aromatic amines is 1. The van der Waals surface area contributed by atoms with Gasteiger partial charge in [-0.2, -0.15) is 0 Å². The zero-order chi connectivity index (χ0) is 23.7. The number of carbonyl (C=O) groups excluding carboxylic acids is 2. The highest BCUT2D eigenvalue weighted by atomic mass is 16.2. The highest BCUT2D eigenvalue weighted by Crippen LogP contribution is 2.30. The number of benzene rings is 2. The van der Waals surface area contributed by atoms with Gasteiger partial charge < -0.3 is 20.1 Å². The minimum atomic E-state index is -0.133. The zero-order valence-electron chi connectivity index (χ0n) is 20.1. The largest absolute Gasteiger partial charge is 0.351 e. The molecule has 0 radical (unpaired) electrons. The summed E-state index contributed by atoms with van der Waals surface area (Å²) in [6.45, 7) is 9.16. The van der Waals surface area contributed by atoms with Crippen molar-refractivity contribution in [2.75, 3.05) is 37.6 Å². The molecule has 0 bridgehead atoms. The second-order valence-corrected chi connectivity index (χ2v) is 10.5. The number of hydrogen-bond donors (Lipinski definition) is 2. The Hall–Kier alpha value is -3.12. The summed E-state index contributed by atoms with van der Waals surface area (Å²) < 4.78 is 0. The average Bonchev–Trinajstić information content (AvgIpc) is 3.57. The van der Waals surface area contributed by atoms with Crippen molar-refractivity contribution < 1.29 is 9.59 Å². The molecular formula is C28H34N4O2. The first-order valence-corrected chi connectivity index (χ1v) is 12.4. The first kappa shape index (κ1) is 22.7. The molecule has 5 rings (SSSR count). The number of nitrogens with zero attached hydrogens (tertiary/aromatic N) is 2. The van der Waals surface area contributed by atoms with Gasteiger partial charge in [0.05, 0.1) is 0 Å². The first-order valence-electron chi connectivity index (χ1n) is 12.4. The lowest BCUT2D eigenvalue weighted by atomic mass is 9.84. The number of fused-ring (bicyclic) bond motifs is 1. The van der Waals surface area contributed by atoms with Gasteiger partial charge in [0.25, 0.3) is 5.91 Å². The predicted octanol–water partition coefficient (Wildman–Crippen LogP) is 4.32. The molecule has 2 saturated heterocycles. The second-order valence-electron chi connectivity index (χ2n) is 10.5. The van der Waals surface area contributed by atoms with E-state index in [0.717, 1.165) is 23.1 Å². The number of rotatable bonds is 7. The molecule has 0 spiro atoms. The Morgan fingerprint density at radius 3 is 2.56 bits per heavy atom. The fraction of sp³-hybridized carbons (Fsp3) is 0.429. The highest BCUT2D eigenvalue weighted by Gasteiger charge is 2.31. The molecule has 2 aromatic carbocycles. The molecule has 6 nitrogen and oxygen atoms in total. The van der Waals surface area contributed by atoms with Gasteiger partial charge in [0.1, 0.15) is 5.69 Å². The van der Waals surface area contributed by atoms with E-state index in [1.807, 2.05) is 35.2 Å². The smallest absolute Gasteiger partial charge is 0.267 e. The Labute approximate surface area is 201 Å². The molecule has 2 N–H and O–H groups in total. The van der Waals surface area contributed by atoms with Crippen molar-refractivity contribution in [1.82, 2.24) is 15.2 Å². The van der Waals surface area contributed by atoms with Crippen LogP contribution in [0.5, 0.6) is 0 Å². The van der Waals surface area contributed by atoms with Crippen LogP contribution in [0.2, 0.25) is 0 Å². The molecule has 2 fully saturated rings. The van der Waals surface area contributed by atoms with Crippen LogP contribution in [0.4, 0.5) is 5.69 Å². The van der Waals surface area contributed by atoms with E-state index in [-0.39, 0.29) is 23.1 Å². The van der Waals surface area contributed by atoms with Crippen molar-refractivity contribution in [3.05, 3.63) is 65.9 Å². The van der Waals surface area contributed by atoms with Gasteiger partial charge in [-0.3, -0.25) is 9.59 Å². The molecule has 2 amide bonds. The lowest BCUT2D eigenvalue weighted by Gasteiger charge is -2.31. The summed E-state index contributed by atoms with van der Waals surface area (Å²) >= 11 is 0. The van der Waals surface area contributed by atoms with Crippen molar-refractivity contribution in [1.29, 1.82) is 0 Å². The molecule has 1 aromatic heterocycles. The van der Waals surface area contributed by atoms with Crippen LogP contribution in [0, 0.1) is 5.92 Å². The third-order valence-corrected chi connectivity index (χ3v) is 7.31. The van der Waals surface area contributed by atoms with Gasteiger partial charge in [0.2, 0.25) is 5.91 Å². The highest BCUT2D eigenvalue weighted by molar-refractivity contribution is 5.98. The fourth-order valence-corrected chi connectivity index (χ4v) is 5.38. The Kier molecular flexibility index (Phi) is 6.17. The molecule has 1 atom stereocenters.